The minimum Gasteiger partial charge on any atom is -0.458 e. The molecule has 2 aromatic rings. The third-order valence-electron chi connectivity index (χ3n) is 3.95. The zero-order valence-electron chi connectivity index (χ0n) is 14.8. The van der Waals surface area contributed by atoms with Gasteiger partial charge in [0.2, 0.25) is 5.78 Å². The van der Waals surface area contributed by atoms with Crippen LogP contribution in [0.3, 0.4) is 0 Å². The van der Waals surface area contributed by atoms with E-state index < -0.39 is 11.9 Å². The zero-order chi connectivity index (χ0) is 18.8. The Morgan fingerprint density at radius 1 is 1.08 bits per heavy atom. The van der Waals surface area contributed by atoms with Gasteiger partial charge < -0.3 is 4.74 Å². The van der Waals surface area contributed by atoms with E-state index in [0.29, 0.717) is 18.5 Å². The molecule has 5 heteroatoms. The van der Waals surface area contributed by atoms with E-state index in [1.165, 1.54) is 0 Å². The maximum absolute atomic E-state index is 12.5. The zero-order valence-corrected chi connectivity index (χ0v) is 15.6. The number of ketones is 1. The van der Waals surface area contributed by atoms with Gasteiger partial charge in [0.05, 0.1) is 0 Å². The SMILES string of the molecule is CCCCCC(OC=O)C(=N)C(=O)c1ccc(Sc2ccccc2)cc1. The van der Waals surface area contributed by atoms with E-state index in [1.54, 1.807) is 23.9 Å². The molecule has 0 aliphatic rings. The number of nitrogens with one attached hydrogen (secondary N) is 1. The molecule has 0 aliphatic carbocycles. The average Bonchev–Trinajstić information content (AvgIpc) is 2.68. The molecule has 2 rings (SSSR count). The number of rotatable bonds is 11. The lowest BCUT2D eigenvalue weighted by atomic mass is 9.99. The molecule has 0 bridgehead atoms. The highest BCUT2D eigenvalue weighted by molar-refractivity contribution is 7.99. The van der Waals surface area contributed by atoms with Crippen molar-refractivity contribution in [3.8, 4) is 0 Å². The van der Waals surface area contributed by atoms with Crippen LogP contribution in [0.15, 0.2) is 64.4 Å². The smallest absolute Gasteiger partial charge is 0.293 e. The first-order chi connectivity index (χ1) is 12.7. The molecule has 0 aliphatic heterocycles. The third-order valence-corrected chi connectivity index (χ3v) is 4.97. The van der Waals surface area contributed by atoms with Crippen molar-refractivity contribution < 1.29 is 14.3 Å². The van der Waals surface area contributed by atoms with E-state index >= 15 is 0 Å². The highest BCUT2D eigenvalue weighted by atomic mass is 32.2. The van der Waals surface area contributed by atoms with Crippen molar-refractivity contribution in [1.82, 2.24) is 0 Å². The second kappa shape index (κ2) is 10.6. The molecule has 0 amide bonds. The normalized spacial score (nSPS) is 11.6. The van der Waals surface area contributed by atoms with Gasteiger partial charge in [-0.1, -0.05) is 49.7 Å². The lowest BCUT2D eigenvalue weighted by Gasteiger charge is -2.15. The van der Waals surface area contributed by atoms with E-state index in [9.17, 15) is 9.59 Å². The molecule has 0 saturated carbocycles. The Hall–Kier alpha value is -2.40. The van der Waals surface area contributed by atoms with Crippen molar-refractivity contribution in [2.45, 2.75) is 48.5 Å². The average molecular weight is 369 g/mol. The van der Waals surface area contributed by atoms with Crippen LogP contribution in [0.25, 0.3) is 0 Å². The first-order valence-electron chi connectivity index (χ1n) is 8.71. The Morgan fingerprint density at radius 2 is 1.73 bits per heavy atom. The Bertz CT molecular complexity index is 729. The van der Waals surface area contributed by atoms with Crippen LogP contribution in [0.1, 0.15) is 43.0 Å². The van der Waals surface area contributed by atoms with Crippen molar-refractivity contribution in [3.63, 3.8) is 0 Å². The van der Waals surface area contributed by atoms with E-state index in [-0.39, 0.29) is 5.71 Å². The quantitative estimate of drug-likeness (QED) is 0.257. The van der Waals surface area contributed by atoms with Crippen LogP contribution < -0.4 is 0 Å². The molecule has 0 heterocycles. The summed E-state index contributed by atoms with van der Waals surface area (Å²) in [5.41, 5.74) is 0.263. The largest absolute Gasteiger partial charge is 0.458 e. The van der Waals surface area contributed by atoms with Gasteiger partial charge in [0, 0.05) is 15.4 Å². The predicted molar refractivity (Wildman–Crippen MR) is 104 cm³/mol. The fraction of sp³-hybridized carbons (Fsp3) is 0.286. The number of benzene rings is 2. The lowest BCUT2D eigenvalue weighted by molar-refractivity contribution is -0.131. The first-order valence-corrected chi connectivity index (χ1v) is 9.52. The van der Waals surface area contributed by atoms with Gasteiger partial charge in [0.1, 0.15) is 11.8 Å². The monoisotopic (exact) mass is 369 g/mol. The summed E-state index contributed by atoms with van der Waals surface area (Å²) in [7, 11) is 0. The van der Waals surface area contributed by atoms with E-state index in [1.807, 2.05) is 42.5 Å². The van der Waals surface area contributed by atoms with E-state index in [0.717, 1.165) is 29.1 Å². The number of ether oxygens (including phenoxy) is 1. The van der Waals surface area contributed by atoms with Gasteiger partial charge in [-0.3, -0.25) is 15.0 Å². The van der Waals surface area contributed by atoms with Crippen molar-refractivity contribution in [2.24, 2.45) is 0 Å². The van der Waals surface area contributed by atoms with Gasteiger partial charge in [-0.2, -0.15) is 0 Å². The van der Waals surface area contributed by atoms with Crippen LogP contribution in [-0.2, 0) is 9.53 Å². The molecule has 1 atom stereocenters. The molecular weight excluding hydrogens is 346 g/mol. The number of hydrogen-bond donors (Lipinski definition) is 1. The van der Waals surface area contributed by atoms with Crippen molar-refractivity contribution in [1.29, 1.82) is 5.41 Å². The summed E-state index contributed by atoms with van der Waals surface area (Å²) in [5, 5.41) is 8.12. The standard InChI is InChI=1S/C21H23NO3S/c1-2-3-5-10-19(25-15-23)20(22)21(24)16-11-13-18(14-12-16)26-17-8-6-4-7-9-17/h4,6-9,11-15,19,22H,2-3,5,10H2,1H3. The van der Waals surface area contributed by atoms with Crippen molar-refractivity contribution in [2.75, 3.05) is 0 Å². The lowest BCUT2D eigenvalue weighted by Crippen LogP contribution is -2.30. The number of Topliss-reactive ketones (excluding diaryl/α,β-unsaturated/α-hetero) is 1. The Morgan fingerprint density at radius 3 is 2.35 bits per heavy atom. The van der Waals surface area contributed by atoms with Gasteiger partial charge in [0.15, 0.2) is 0 Å². The Labute approximate surface area is 158 Å². The second-order valence-electron chi connectivity index (χ2n) is 5.90. The van der Waals surface area contributed by atoms with Crippen molar-refractivity contribution >= 4 is 29.7 Å². The van der Waals surface area contributed by atoms with Gasteiger partial charge in [-0.25, -0.2) is 0 Å². The molecular formula is C21H23NO3S. The van der Waals surface area contributed by atoms with Gasteiger partial charge >= 0.3 is 0 Å². The third kappa shape index (κ3) is 5.85. The second-order valence-corrected chi connectivity index (χ2v) is 7.05. The summed E-state index contributed by atoms with van der Waals surface area (Å²) in [5.74, 6) is -0.399. The Kier molecular flexibility index (Phi) is 8.09. The van der Waals surface area contributed by atoms with Gasteiger partial charge in [-0.15, -0.1) is 0 Å². The summed E-state index contributed by atoms with van der Waals surface area (Å²) < 4.78 is 4.97. The van der Waals surface area contributed by atoms with Crippen molar-refractivity contribution in [3.05, 3.63) is 60.2 Å². The number of carbonyl (C=O) groups excluding carboxylic acids is 2. The molecule has 0 radical (unpaired) electrons. The summed E-state index contributed by atoms with van der Waals surface area (Å²) >= 11 is 1.61. The molecule has 26 heavy (non-hydrogen) atoms. The fourth-order valence-corrected chi connectivity index (χ4v) is 3.37. The number of carbonyl (C=O) groups is 2. The van der Waals surface area contributed by atoms with Crippen LogP contribution in [0.5, 0.6) is 0 Å². The number of unbranched alkanes of at least 4 members (excludes halogenated alkanes) is 2. The van der Waals surface area contributed by atoms with Crippen LogP contribution in [0.2, 0.25) is 0 Å². The van der Waals surface area contributed by atoms with Gasteiger partial charge in [-0.05, 0) is 49.2 Å². The fourth-order valence-electron chi connectivity index (χ4n) is 2.53. The molecule has 2 aromatic carbocycles. The molecule has 0 aromatic heterocycles. The predicted octanol–water partition coefficient (Wildman–Crippen LogP) is 5.16. The molecule has 0 spiro atoms. The maximum atomic E-state index is 12.5. The van der Waals surface area contributed by atoms with Crippen LogP contribution in [-0.4, -0.2) is 24.1 Å². The molecule has 4 nitrogen and oxygen atoms in total. The minimum atomic E-state index is -0.773. The minimum absolute atomic E-state index is 0.170. The van der Waals surface area contributed by atoms with Crippen LogP contribution in [0.4, 0.5) is 0 Å². The molecule has 1 unspecified atom stereocenters. The Balaban J connectivity index is 2.02. The first kappa shape index (κ1) is 19.9. The number of hydrogen-bond acceptors (Lipinski definition) is 5. The summed E-state index contributed by atoms with van der Waals surface area (Å²) in [6.07, 6.45) is 2.54. The molecule has 136 valence electrons. The van der Waals surface area contributed by atoms with E-state index in [4.69, 9.17) is 10.1 Å². The highest BCUT2D eigenvalue weighted by Crippen LogP contribution is 2.27. The van der Waals surface area contributed by atoms with E-state index in [2.05, 4.69) is 6.92 Å². The highest BCUT2D eigenvalue weighted by Gasteiger charge is 2.23. The maximum Gasteiger partial charge on any atom is 0.293 e. The summed E-state index contributed by atoms with van der Waals surface area (Å²) in [4.78, 5) is 25.4. The molecule has 1 N–H and O–H groups in total. The topological polar surface area (TPSA) is 67.2 Å². The summed E-state index contributed by atoms with van der Waals surface area (Å²) in [6, 6.07) is 17.1. The molecule has 0 saturated heterocycles. The van der Waals surface area contributed by atoms with Gasteiger partial charge in [0.25, 0.3) is 6.47 Å². The molecule has 0 fully saturated rings. The van der Waals surface area contributed by atoms with Crippen LogP contribution in [0, 0.1) is 5.41 Å². The van der Waals surface area contributed by atoms with Crippen LogP contribution >= 0.6 is 11.8 Å². The summed E-state index contributed by atoms with van der Waals surface area (Å²) in [6.45, 7) is 2.39.